The van der Waals surface area contributed by atoms with Crippen LogP contribution >= 0.6 is 42.3 Å². The first-order valence-corrected chi connectivity index (χ1v) is 23.8. The number of amides is 1. The highest BCUT2D eigenvalue weighted by molar-refractivity contribution is 8.00. The summed E-state index contributed by atoms with van der Waals surface area (Å²) < 4.78 is 59.0. The summed E-state index contributed by atoms with van der Waals surface area (Å²) in [6, 6.07) is 8.80. The van der Waals surface area contributed by atoms with Gasteiger partial charge in [0.2, 0.25) is 4.80 Å². The number of anilines is 1. The SMILES string of the molecule is CC(C)N1C(=O)c2ccccc2NS1(=O)=O.COC(=O)CSc1cc(/N=c2\sc(=O)n3n2CCCC3)c(F)cc1Cl.C[S+](C)C.O=C(O)CNCP(=O)([O-])O. The van der Waals surface area contributed by atoms with Crippen LogP contribution in [-0.2, 0) is 53.1 Å². The van der Waals surface area contributed by atoms with Crippen LogP contribution in [0, 0.1) is 5.82 Å². The zero-order chi connectivity index (χ0) is 41.7. The summed E-state index contributed by atoms with van der Waals surface area (Å²) in [5, 5.41) is 10.2. The normalized spacial score (nSPS) is 15.5. The predicted molar refractivity (Wildman–Crippen MR) is 211 cm³/mol. The highest BCUT2D eigenvalue weighted by Crippen LogP contribution is 2.33. The Morgan fingerprint density at radius 1 is 1.18 bits per heavy atom. The fraction of sp³-hybridized carbons (Fsp3) is 0.452. The Labute approximate surface area is 333 Å². The number of rotatable bonds is 9. The van der Waals surface area contributed by atoms with Gasteiger partial charge in [-0.2, -0.15) is 8.42 Å². The molecule has 0 bridgehead atoms. The van der Waals surface area contributed by atoms with Gasteiger partial charge in [0.1, 0.15) is 19.1 Å². The molecule has 2 aromatic carbocycles. The number of aliphatic carboxylic acids is 1. The summed E-state index contributed by atoms with van der Waals surface area (Å²) >= 11 is 8.17. The summed E-state index contributed by atoms with van der Waals surface area (Å²) in [6.45, 7) is 4.16. The van der Waals surface area contributed by atoms with E-state index in [4.69, 9.17) is 21.6 Å². The van der Waals surface area contributed by atoms with E-state index < -0.39 is 60.3 Å². The third-order valence-electron chi connectivity index (χ3n) is 6.59. The maximum Gasteiger partial charge on any atom is 0.326 e. The number of methoxy groups -OCH3 is 1. The number of nitrogens with one attached hydrogen (secondary N) is 2. The maximum absolute atomic E-state index is 14.3. The lowest BCUT2D eigenvalue weighted by Gasteiger charge is -2.31. The standard InChI is InChI=1S/C15H15ClFN3O3S2.C10H12N2O3S.C3H8NO5P.C3H9S/c1-23-13(21)8-24-12-7-11(10(17)6-9(12)16)18-14-19-4-2-3-5-20(19)15(22)25-14;1-7(2)12-10(13)8-5-3-4-6-9(8)11-16(12,14)15;5-3(6)1-4-2-10(7,8)9;1-4(2)3/h6-7H,2-5,8H2,1H3;3-7,11H,1-2H3;4H,1-2H2,(H,5,6)(H2,7,8,9);1-3H3/q;;;+1/p-1/b18-14-;;;. The van der Waals surface area contributed by atoms with Crippen molar-refractivity contribution >= 4 is 92.6 Å². The van der Waals surface area contributed by atoms with Crippen LogP contribution in [0.3, 0.4) is 0 Å². The molecule has 0 fully saturated rings. The first-order valence-electron chi connectivity index (χ1n) is 16.0. The zero-order valence-corrected chi connectivity index (χ0v) is 35.6. The van der Waals surface area contributed by atoms with Crippen LogP contribution in [0.1, 0.15) is 37.0 Å². The largest absolute Gasteiger partial charge is 0.778 e. The number of nitrogens with zero attached hydrogens (tertiary/aromatic N) is 4. The van der Waals surface area contributed by atoms with Gasteiger partial charge in [0.05, 0.1) is 60.7 Å². The number of hydrogen-bond donors (Lipinski definition) is 4. The first-order chi connectivity index (χ1) is 25.6. The monoisotopic (exact) mass is 888 g/mol. The molecular weight excluding hydrogens is 846 g/mol. The molecule has 3 aromatic rings. The molecule has 0 aliphatic carbocycles. The maximum atomic E-state index is 14.3. The molecule has 24 heteroatoms. The Bertz CT molecular complexity index is 2100. The van der Waals surface area contributed by atoms with Gasteiger partial charge < -0.3 is 24.2 Å². The van der Waals surface area contributed by atoms with Crippen molar-refractivity contribution in [1.82, 2.24) is 19.0 Å². The minimum Gasteiger partial charge on any atom is -0.778 e. The number of ether oxygens (including phenoxy) is 1. The molecule has 1 amide bonds. The molecule has 2 aliphatic rings. The van der Waals surface area contributed by atoms with Gasteiger partial charge in [0, 0.05) is 24.0 Å². The summed E-state index contributed by atoms with van der Waals surface area (Å²) in [6.07, 6.45) is 7.77. The quantitative estimate of drug-likeness (QED) is 0.105. The van der Waals surface area contributed by atoms with Gasteiger partial charge in [-0.3, -0.25) is 33.9 Å². The first kappa shape index (κ1) is 47.9. The highest BCUT2D eigenvalue weighted by atomic mass is 35.5. The lowest BCUT2D eigenvalue weighted by molar-refractivity contribution is -0.193. The van der Waals surface area contributed by atoms with Crippen LogP contribution in [0.15, 0.2) is 51.1 Å². The van der Waals surface area contributed by atoms with Gasteiger partial charge in [-0.05, 0) is 73.2 Å². The third kappa shape index (κ3) is 15.7. The molecule has 0 saturated carbocycles. The Balaban J connectivity index is 0.000000298. The average Bonchev–Trinajstić information content (AvgIpc) is 3.38. The van der Waals surface area contributed by atoms with Crippen molar-refractivity contribution in [2.45, 2.75) is 50.7 Å². The van der Waals surface area contributed by atoms with Crippen molar-refractivity contribution in [3.8, 4) is 0 Å². The molecule has 0 saturated heterocycles. The van der Waals surface area contributed by atoms with E-state index in [0.29, 0.717) is 44.9 Å². The number of carbonyl (C=O) groups is 3. The molecule has 1 aromatic heterocycles. The number of halogens is 2. The number of carboxylic acid groups (broad SMARTS) is 1. The van der Waals surface area contributed by atoms with Crippen LogP contribution in [-0.4, -0.2) is 100 Å². The van der Waals surface area contributed by atoms with Crippen molar-refractivity contribution in [3.63, 3.8) is 0 Å². The average molecular weight is 889 g/mol. The molecule has 55 heavy (non-hydrogen) atoms. The summed E-state index contributed by atoms with van der Waals surface area (Å²) in [4.78, 5) is 68.2. The Hall–Kier alpha value is -3.21. The van der Waals surface area contributed by atoms with Crippen molar-refractivity contribution in [3.05, 3.63) is 67.3 Å². The molecule has 3 heterocycles. The Morgan fingerprint density at radius 2 is 1.78 bits per heavy atom. The zero-order valence-electron chi connectivity index (χ0n) is 30.7. The van der Waals surface area contributed by atoms with Gasteiger partial charge >= 0.3 is 27.0 Å². The van der Waals surface area contributed by atoms with Crippen LogP contribution in [0.25, 0.3) is 0 Å². The van der Waals surface area contributed by atoms with Gasteiger partial charge in [-0.1, -0.05) is 23.7 Å². The number of carbonyl (C=O) groups excluding carboxylic acids is 2. The summed E-state index contributed by atoms with van der Waals surface area (Å²) in [5.74, 6) is -2.58. The van der Waals surface area contributed by atoms with Crippen LogP contribution in [0.4, 0.5) is 15.8 Å². The number of thioether (sulfide) groups is 1. The van der Waals surface area contributed by atoms with Gasteiger partial charge in [-0.15, -0.1) is 11.8 Å². The van der Waals surface area contributed by atoms with Gasteiger partial charge in [0.25, 0.3) is 5.91 Å². The van der Waals surface area contributed by atoms with Crippen LogP contribution in [0.2, 0.25) is 5.02 Å². The van der Waals surface area contributed by atoms with Crippen molar-refractivity contribution in [1.29, 1.82) is 0 Å². The van der Waals surface area contributed by atoms with E-state index in [2.05, 4.69) is 33.2 Å². The molecule has 4 N–H and O–H groups in total. The van der Waals surface area contributed by atoms with E-state index >= 15 is 0 Å². The number of carboxylic acids is 1. The van der Waals surface area contributed by atoms with Crippen molar-refractivity contribution in [2.75, 3.05) is 49.2 Å². The third-order valence-corrected chi connectivity index (χ3v) is 11.1. The van der Waals surface area contributed by atoms with E-state index in [1.54, 1.807) is 47.5 Å². The van der Waals surface area contributed by atoms with E-state index in [-0.39, 0.29) is 21.3 Å². The molecule has 2 aliphatic heterocycles. The minimum atomic E-state index is -4.35. The number of aromatic nitrogens is 2. The van der Waals surface area contributed by atoms with E-state index in [9.17, 15) is 41.4 Å². The highest BCUT2D eigenvalue weighted by Gasteiger charge is 2.36. The second-order valence-corrected chi connectivity index (χ2v) is 19.9. The molecule has 0 radical (unpaired) electrons. The Kier molecular flexibility index (Phi) is 19.1. The van der Waals surface area contributed by atoms with E-state index in [1.807, 2.05) is 5.32 Å². The smallest absolute Gasteiger partial charge is 0.326 e. The minimum absolute atomic E-state index is 0.0605. The predicted octanol–water partition coefficient (Wildman–Crippen LogP) is 2.66. The topological polar surface area (TPSA) is 242 Å². The van der Waals surface area contributed by atoms with E-state index in [0.717, 1.165) is 46.3 Å². The molecule has 306 valence electrons. The number of fused-ring (bicyclic) bond motifs is 2. The summed E-state index contributed by atoms with van der Waals surface area (Å²) in [5.41, 5.74) is 0.801. The molecular formula is C31H43ClFN6O11PS4. The molecule has 1 atom stereocenters. The Morgan fingerprint density at radius 3 is 2.35 bits per heavy atom. The van der Waals surface area contributed by atoms with Gasteiger partial charge in [0.15, 0.2) is 0 Å². The number of para-hydroxylation sites is 1. The van der Waals surface area contributed by atoms with Crippen LogP contribution < -0.4 is 24.6 Å². The van der Waals surface area contributed by atoms with Crippen molar-refractivity contribution in [2.24, 2.45) is 4.99 Å². The molecule has 1 unspecified atom stereocenters. The second-order valence-electron chi connectivity index (χ2n) is 12.0. The number of benzene rings is 2. The number of esters is 1. The van der Waals surface area contributed by atoms with Gasteiger partial charge in [-0.25, -0.2) is 18.4 Å². The fourth-order valence-electron chi connectivity index (χ4n) is 4.42. The number of hydrogen-bond acceptors (Lipinski definition) is 13. The lowest BCUT2D eigenvalue weighted by atomic mass is 10.1. The molecule has 5 rings (SSSR count). The second kappa shape index (κ2) is 21.9. The lowest BCUT2D eigenvalue weighted by Crippen LogP contribution is -2.48. The molecule has 17 nitrogen and oxygen atoms in total. The summed E-state index contributed by atoms with van der Waals surface area (Å²) in [7, 11) is -6.16. The van der Waals surface area contributed by atoms with Crippen molar-refractivity contribution < 1.29 is 51.4 Å². The van der Waals surface area contributed by atoms with E-state index in [1.165, 1.54) is 13.2 Å². The van der Waals surface area contributed by atoms with Crippen LogP contribution in [0.5, 0.6) is 0 Å². The fourth-order valence-corrected chi connectivity index (χ4v) is 8.23. The molecule has 0 spiro atoms.